The van der Waals surface area contributed by atoms with E-state index in [0.29, 0.717) is 28.7 Å². The van der Waals surface area contributed by atoms with E-state index in [1.807, 2.05) is 30.3 Å². The fourth-order valence-corrected chi connectivity index (χ4v) is 3.46. The third-order valence-corrected chi connectivity index (χ3v) is 4.85. The highest BCUT2D eigenvalue weighted by atomic mass is 16.5. The summed E-state index contributed by atoms with van der Waals surface area (Å²) in [4.78, 5) is 24.1. The molecule has 0 saturated carbocycles. The van der Waals surface area contributed by atoms with Crippen molar-refractivity contribution >= 4 is 28.6 Å². The van der Waals surface area contributed by atoms with Gasteiger partial charge >= 0.3 is 5.97 Å². The third kappa shape index (κ3) is 3.12. The van der Waals surface area contributed by atoms with Crippen LogP contribution in [0, 0.1) is 0 Å². The molecule has 0 aliphatic heterocycles. The lowest BCUT2D eigenvalue weighted by molar-refractivity contribution is 0.0697. The van der Waals surface area contributed by atoms with E-state index >= 15 is 0 Å². The fourth-order valence-electron chi connectivity index (χ4n) is 3.46. The number of hydrogen-bond acceptors (Lipinski definition) is 4. The van der Waals surface area contributed by atoms with Crippen LogP contribution in [0.2, 0.25) is 0 Å². The molecule has 0 radical (unpaired) electrons. The molecule has 0 atom stereocenters. The van der Waals surface area contributed by atoms with Crippen molar-refractivity contribution in [3.63, 3.8) is 0 Å². The average molecular weight is 362 g/mol. The third-order valence-electron chi connectivity index (χ3n) is 4.85. The van der Waals surface area contributed by atoms with Crippen molar-refractivity contribution in [3.8, 4) is 5.75 Å². The SMILES string of the molecule is COc1ccc(C=C2CCCc3c2oc2ccc(C(=O)O)cc2c3=O)cc1. The number of ether oxygens (including phenoxy) is 1. The maximum absolute atomic E-state index is 12.9. The van der Waals surface area contributed by atoms with Crippen molar-refractivity contribution in [2.75, 3.05) is 7.11 Å². The van der Waals surface area contributed by atoms with Crippen molar-refractivity contribution < 1.29 is 19.1 Å². The molecule has 0 bridgehead atoms. The van der Waals surface area contributed by atoms with Gasteiger partial charge in [0.2, 0.25) is 0 Å². The summed E-state index contributed by atoms with van der Waals surface area (Å²) in [6.07, 6.45) is 4.33. The molecule has 27 heavy (non-hydrogen) atoms. The molecular weight excluding hydrogens is 344 g/mol. The van der Waals surface area contributed by atoms with Gasteiger partial charge in [0.05, 0.1) is 18.1 Å². The average Bonchev–Trinajstić information content (AvgIpc) is 2.69. The Bertz CT molecular complexity index is 1120. The number of fused-ring (bicyclic) bond motifs is 2. The van der Waals surface area contributed by atoms with Gasteiger partial charge in [-0.15, -0.1) is 0 Å². The van der Waals surface area contributed by atoms with Crippen LogP contribution < -0.4 is 10.2 Å². The highest BCUT2D eigenvalue weighted by Crippen LogP contribution is 2.33. The van der Waals surface area contributed by atoms with Crippen molar-refractivity contribution in [2.45, 2.75) is 19.3 Å². The molecule has 1 aliphatic carbocycles. The number of rotatable bonds is 3. The van der Waals surface area contributed by atoms with Gasteiger partial charge in [0.1, 0.15) is 17.1 Å². The predicted octanol–water partition coefficient (Wildman–Crippen LogP) is 4.38. The highest BCUT2D eigenvalue weighted by Gasteiger charge is 2.22. The normalized spacial score (nSPS) is 14.9. The summed E-state index contributed by atoms with van der Waals surface area (Å²) in [7, 11) is 1.63. The topological polar surface area (TPSA) is 76.7 Å². The summed E-state index contributed by atoms with van der Waals surface area (Å²) in [5.74, 6) is 0.333. The summed E-state index contributed by atoms with van der Waals surface area (Å²) in [6.45, 7) is 0. The summed E-state index contributed by atoms with van der Waals surface area (Å²) >= 11 is 0. The molecule has 136 valence electrons. The summed E-state index contributed by atoms with van der Waals surface area (Å²) < 4.78 is 11.2. The molecule has 0 saturated heterocycles. The minimum Gasteiger partial charge on any atom is -0.497 e. The van der Waals surface area contributed by atoms with E-state index in [-0.39, 0.29) is 11.0 Å². The summed E-state index contributed by atoms with van der Waals surface area (Å²) in [5.41, 5.74) is 2.95. The lowest BCUT2D eigenvalue weighted by Crippen LogP contribution is -2.16. The number of benzene rings is 2. The van der Waals surface area contributed by atoms with Gasteiger partial charge in [0, 0.05) is 5.56 Å². The molecule has 5 nitrogen and oxygen atoms in total. The zero-order valence-electron chi connectivity index (χ0n) is 14.8. The summed E-state index contributed by atoms with van der Waals surface area (Å²) in [5, 5.41) is 9.49. The van der Waals surface area contributed by atoms with E-state index in [2.05, 4.69) is 0 Å². The first-order valence-corrected chi connectivity index (χ1v) is 8.75. The highest BCUT2D eigenvalue weighted by molar-refractivity contribution is 5.93. The molecule has 0 spiro atoms. The minimum atomic E-state index is -1.06. The maximum atomic E-state index is 12.9. The molecule has 4 rings (SSSR count). The first kappa shape index (κ1) is 17.1. The molecule has 1 heterocycles. The first-order chi connectivity index (χ1) is 13.1. The van der Waals surface area contributed by atoms with E-state index in [1.165, 1.54) is 12.1 Å². The molecule has 1 aromatic heterocycles. The number of carboxylic acids is 1. The Hall–Kier alpha value is -3.34. The number of carboxylic acid groups (broad SMARTS) is 1. The Morgan fingerprint density at radius 1 is 1.15 bits per heavy atom. The van der Waals surface area contributed by atoms with Crippen LogP contribution in [-0.4, -0.2) is 18.2 Å². The van der Waals surface area contributed by atoms with Gasteiger partial charge in [-0.25, -0.2) is 4.79 Å². The Balaban J connectivity index is 1.85. The van der Waals surface area contributed by atoms with Crippen LogP contribution in [0.3, 0.4) is 0 Å². The van der Waals surface area contributed by atoms with Crippen LogP contribution in [0.5, 0.6) is 5.75 Å². The van der Waals surface area contributed by atoms with Crippen LogP contribution in [0.25, 0.3) is 22.6 Å². The second kappa shape index (κ2) is 6.76. The largest absolute Gasteiger partial charge is 0.497 e. The Labute approximate surface area is 155 Å². The van der Waals surface area contributed by atoms with Gasteiger partial charge in [-0.3, -0.25) is 4.79 Å². The van der Waals surface area contributed by atoms with Gasteiger partial charge < -0.3 is 14.3 Å². The van der Waals surface area contributed by atoms with Crippen molar-refractivity contribution in [1.82, 2.24) is 0 Å². The number of carbonyl (C=O) groups is 1. The van der Waals surface area contributed by atoms with Crippen molar-refractivity contribution in [2.24, 2.45) is 0 Å². The van der Waals surface area contributed by atoms with Crippen LogP contribution in [-0.2, 0) is 6.42 Å². The van der Waals surface area contributed by atoms with Crippen molar-refractivity contribution in [3.05, 3.63) is 75.1 Å². The van der Waals surface area contributed by atoms with Crippen LogP contribution in [0.4, 0.5) is 0 Å². The first-order valence-electron chi connectivity index (χ1n) is 8.75. The van der Waals surface area contributed by atoms with E-state index in [0.717, 1.165) is 29.7 Å². The summed E-state index contributed by atoms with van der Waals surface area (Å²) in [6, 6.07) is 12.1. The number of aromatic carboxylic acids is 1. The molecule has 5 heteroatoms. The van der Waals surface area contributed by atoms with Crippen molar-refractivity contribution in [1.29, 1.82) is 0 Å². The smallest absolute Gasteiger partial charge is 0.335 e. The van der Waals surface area contributed by atoms with Gasteiger partial charge in [-0.2, -0.15) is 0 Å². The van der Waals surface area contributed by atoms with Gasteiger partial charge in [-0.1, -0.05) is 12.1 Å². The molecule has 0 fully saturated rings. The van der Waals surface area contributed by atoms with Crippen LogP contribution in [0.15, 0.2) is 51.7 Å². The van der Waals surface area contributed by atoms with Gasteiger partial charge in [0.25, 0.3) is 0 Å². The number of methoxy groups -OCH3 is 1. The number of allylic oxidation sites excluding steroid dienone is 1. The zero-order chi connectivity index (χ0) is 19.0. The maximum Gasteiger partial charge on any atom is 0.335 e. The number of hydrogen-bond donors (Lipinski definition) is 1. The molecule has 1 aliphatic rings. The molecule has 3 aromatic rings. The lowest BCUT2D eigenvalue weighted by atomic mass is 9.90. The Morgan fingerprint density at radius 2 is 1.93 bits per heavy atom. The van der Waals surface area contributed by atoms with Gasteiger partial charge in [0.15, 0.2) is 5.43 Å². The minimum absolute atomic E-state index is 0.0829. The van der Waals surface area contributed by atoms with E-state index in [1.54, 1.807) is 13.2 Å². The zero-order valence-corrected chi connectivity index (χ0v) is 14.8. The monoisotopic (exact) mass is 362 g/mol. The van der Waals surface area contributed by atoms with E-state index < -0.39 is 5.97 Å². The molecule has 2 aromatic carbocycles. The molecule has 1 N–H and O–H groups in total. The second-order valence-corrected chi connectivity index (χ2v) is 6.55. The second-order valence-electron chi connectivity index (χ2n) is 6.55. The van der Waals surface area contributed by atoms with E-state index in [9.17, 15) is 9.59 Å². The van der Waals surface area contributed by atoms with Crippen LogP contribution >= 0.6 is 0 Å². The predicted molar refractivity (Wildman–Crippen MR) is 103 cm³/mol. The Kier molecular flexibility index (Phi) is 4.28. The molecule has 0 amide bonds. The molecular formula is C22H18O5. The standard InChI is InChI=1S/C22H18O5/c1-26-16-8-5-13(6-9-16)11-14-3-2-4-17-20(23)18-12-15(22(24)25)7-10-19(18)27-21(14)17/h5-12H,2-4H2,1H3,(H,24,25). The fraction of sp³-hybridized carbons (Fsp3) is 0.182. The quantitative estimate of drug-likeness (QED) is 0.748. The molecule has 0 unspecified atom stereocenters. The van der Waals surface area contributed by atoms with Crippen LogP contribution in [0.1, 0.15) is 40.1 Å². The Morgan fingerprint density at radius 3 is 2.63 bits per heavy atom. The van der Waals surface area contributed by atoms with E-state index in [4.69, 9.17) is 14.3 Å². The lowest BCUT2D eigenvalue weighted by Gasteiger charge is -2.18. The van der Waals surface area contributed by atoms with Gasteiger partial charge in [-0.05, 0) is 66.8 Å².